The van der Waals surface area contributed by atoms with Crippen LogP contribution in [-0.2, 0) is 0 Å². The molecule has 0 fully saturated rings. The van der Waals surface area contributed by atoms with E-state index in [4.69, 9.17) is 0 Å². The molecule has 0 unspecified atom stereocenters. The summed E-state index contributed by atoms with van der Waals surface area (Å²) in [5.74, 6) is 0. The molecule has 3 heteroatoms. The molecule has 0 atom stereocenters. The molecule has 0 bridgehead atoms. The largest absolute Gasteiger partial charge is 0.431 e. The highest BCUT2D eigenvalue weighted by Gasteiger charge is 2.31. The molecule has 0 aliphatic rings. The first-order valence-electron chi connectivity index (χ1n) is 4.99. The monoisotopic (exact) mass is 215 g/mol. The van der Waals surface area contributed by atoms with Gasteiger partial charge in [0.25, 0.3) is 0 Å². The lowest BCUT2D eigenvalue weighted by Gasteiger charge is -2.43. The fourth-order valence-corrected chi connectivity index (χ4v) is 11.0. The smallest absolute Gasteiger partial charge is 0.138 e. The van der Waals surface area contributed by atoms with Gasteiger partial charge in [-0.25, -0.2) is 0 Å². The highest BCUT2D eigenvalue weighted by molar-refractivity contribution is 6.89. The summed E-state index contributed by atoms with van der Waals surface area (Å²) in [4.78, 5) is 0. The molecule has 0 aromatic heterocycles. The maximum atomic E-state index is 2.69. The fraction of sp³-hybridized carbons (Fsp3) is 0.800. The third kappa shape index (κ3) is 4.67. The third-order valence-electron chi connectivity index (χ3n) is 1.83. The molecule has 0 aromatic rings. The molecule has 0 radical (unpaired) electrons. The zero-order valence-corrected chi connectivity index (χ0v) is 12.5. The van der Waals surface area contributed by atoms with Gasteiger partial charge in [-0.15, -0.1) is 0 Å². The SMILES string of the molecule is CC(C)=CN([Si](C)(C)C)[Si](C)(C)C. The molecule has 0 amide bonds. The van der Waals surface area contributed by atoms with Crippen LogP contribution in [0, 0.1) is 0 Å². The Bertz CT molecular complexity index is 178. The molecule has 13 heavy (non-hydrogen) atoms. The third-order valence-corrected chi connectivity index (χ3v) is 9.01. The number of allylic oxidation sites excluding steroid dienone is 1. The Morgan fingerprint density at radius 3 is 1.23 bits per heavy atom. The van der Waals surface area contributed by atoms with Crippen molar-refractivity contribution in [3.63, 3.8) is 0 Å². The molecule has 0 N–H and O–H groups in total. The van der Waals surface area contributed by atoms with Gasteiger partial charge in [0.2, 0.25) is 0 Å². The van der Waals surface area contributed by atoms with Gasteiger partial charge in [-0.2, -0.15) is 0 Å². The number of rotatable bonds is 3. The summed E-state index contributed by atoms with van der Waals surface area (Å²) in [7, 11) is -2.33. The van der Waals surface area contributed by atoms with Crippen LogP contribution in [0.3, 0.4) is 0 Å². The second-order valence-electron chi connectivity index (χ2n) is 5.92. The minimum Gasteiger partial charge on any atom is -0.431 e. The highest BCUT2D eigenvalue weighted by Crippen LogP contribution is 2.20. The van der Waals surface area contributed by atoms with Crippen molar-refractivity contribution in [3.8, 4) is 0 Å². The van der Waals surface area contributed by atoms with Gasteiger partial charge >= 0.3 is 0 Å². The van der Waals surface area contributed by atoms with Crippen molar-refractivity contribution in [1.82, 2.24) is 4.23 Å². The quantitative estimate of drug-likeness (QED) is 0.646. The fourth-order valence-electron chi connectivity index (χ4n) is 1.65. The minimum atomic E-state index is -1.17. The predicted molar refractivity (Wildman–Crippen MR) is 68.0 cm³/mol. The first-order valence-corrected chi connectivity index (χ1v) is 11.9. The summed E-state index contributed by atoms with van der Waals surface area (Å²) in [6.45, 7) is 18.9. The summed E-state index contributed by atoms with van der Waals surface area (Å²) in [5, 5.41) is 0. The van der Waals surface area contributed by atoms with Crippen molar-refractivity contribution in [2.75, 3.05) is 0 Å². The Kier molecular flexibility index (Phi) is 4.00. The molecule has 0 rings (SSSR count). The molecular formula is C10H25NSi2. The average molecular weight is 215 g/mol. The van der Waals surface area contributed by atoms with Gasteiger partial charge in [-0.3, -0.25) is 0 Å². The number of hydrogen-bond acceptors (Lipinski definition) is 1. The first-order chi connectivity index (χ1) is 5.55. The Balaban J connectivity index is 4.90. The summed E-state index contributed by atoms with van der Waals surface area (Å²) >= 11 is 0. The van der Waals surface area contributed by atoms with Gasteiger partial charge in [-0.1, -0.05) is 44.9 Å². The van der Waals surface area contributed by atoms with Crippen molar-refractivity contribution < 1.29 is 0 Å². The van der Waals surface area contributed by atoms with Crippen LogP contribution < -0.4 is 0 Å². The van der Waals surface area contributed by atoms with E-state index in [9.17, 15) is 0 Å². The van der Waals surface area contributed by atoms with E-state index in [1.54, 1.807) is 0 Å². The zero-order valence-electron chi connectivity index (χ0n) is 10.5. The summed E-state index contributed by atoms with van der Waals surface area (Å²) in [5.41, 5.74) is 1.42. The zero-order chi connectivity index (χ0) is 10.9. The van der Waals surface area contributed by atoms with E-state index < -0.39 is 16.5 Å². The molecule has 0 saturated heterocycles. The van der Waals surface area contributed by atoms with E-state index in [-0.39, 0.29) is 0 Å². The molecule has 0 aromatic carbocycles. The normalized spacial score (nSPS) is 12.6. The van der Waals surface area contributed by atoms with Crippen molar-refractivity contribution in [1.29, 1.82) is 0 Å². The highest BCUT2D eigenvalue weighted by atomic mass is 28.4. The van der Waals surface area contributed by atoms with Gasteiger partial charge < -0.3 is 4.23 Å². The van der Waals surface area contributed by atoms with Crippen LogP contribution in [0.2, 0.25) is 39.3 Å². The van der Waals surface area contributed by atoms with Crippen LogP contribution in [0.4, 0.5) is 0 Å². The molecule has 0 aliphatic heterocycles. The predicted octanol–water partition coefficient (Wildman–Crippen LogP) is 3.88. The van der Waals surface area contributed by atoms with Crippen LogP contribution in [0.5, 0.6) is 0 Å². The number of hydrogen-bond donors (Lipinski definition) is 0. The molecule has 0 heterocycles. The van der Waals surface area contributed by atoms with Crippen LogP contribution in [0.1, 0.15) is 13.8 Å². The lowest BCUT2D eigenvalue weighted by Crippen LogP contribution is -2.55. The van der Waals surface area contributed by atoms with Crippen molar-refractivity contribution in [2.24, 2.45) is 0 Å². The lowest BCUT2D eigenvalue weighted by atomic mass is 10.4. The molecule has 78 valence electrons. The standard InChI is InChI=1S/C10H25NSi2/c1-10(2)9-11(12(3,4)5)13(6,7)8/h9H,1-8H3. The second kappa shape index (κ2) is 4.01. The van der Waals surface area contributed by atoms with E-state index in [0.29, 0.717) is 0 Å². The summed E-state index contributed by atoms with van der Waals surface area (Å²) in [6, 6.07) is 0. The topological polar surface area (TPSA) is 3.24 Å². The van der Waals surface area contributed by atoms with Crippen molar-refractivity contribution in [2.45, 2.75) is 53.1 Å². The molecular weight excluding hydrogens is 190 g/mol. The number of nitrogens with zero attached hydrogens (tertiary/aromatic N) is 1. The molecule has 0 saturated carbocycles. The minimum absolute atomic E-state index is 1.17. The summed E-state index contributed by atoms with van der Waals surface area (Å²) in [6.07, 6.45) is 2.37. The van der Waals surface area contributed by atoms with E-state index in [2.05, 4.69) is 63.6 Å². The maximum absolute atomic E-state index is 2.69. The van der Waals surface area contributed by atoms with Crippen LogP contribution in [0.15, 0.2) is 11.8 Å². The van der Waals surface area contributed by atoms with Crippen LogP contribution in [0.25, 0.3) is 0 Å². The van der Waals surface area contributed by atoms with Gasteiger partial charge in [-0.05, 0) is 20.0 Å². The van der Waals surface area contributed by atoms with Crippen LogP contribution in [-0.4, -0.2) is 20.7 Å². The van der Waals surface area contributed by atoms with Gasteiger partial charge in [0.15, 0.2) is 0 Å². The van der Waals surface area contributed by atoms with Crippen molar-refractivity contribution in [3.05, 3.63) is 11.8 Å². The Morgan fingerprint density at radius 2 is 1.15 bits per heavy atom. The lowest BCUT2D eigenvalue weighted by molar-refractivity contribution is 0.818. The van der Waals surface area contributed by atoms with Crippen LogP contribution >= 0.6 is 0 Å². The van der Waals surface area contributed by atoms with Crippen molar-refractivity contribution >= 4 is 16.5 Å². The Morgan fingerprint density at radius 1 is 0.846 bits per heavy atom. The van der Waals surface area contributed by atoms with Gasteiger partial charge in [0, 0.05) is 0 Å². The molecule has 0 spiro atoms. The molecule has 1 nitrogen and oxygen atoms in total. The van der Waals surface area contributed by atoms with E-state index in [0.717, 1.165) is 0 Å². The first kappa shape index (κ1) is 13.0. The van der Waals surface area contributed by atoms with E-state index in [1.165, 1.54) is 5.57 Å². The van der Waals surface area contributed by atoms with E-state index >= 15 is 0 Å². The van der Waals surface area contributed by atoms with Gasteiger partial charge in [0.05, 0.1) is 0 Å². The summed E-state index contributed by atoms with van der Waals surface area (Å²) < 4.78 is 2.69. The molecule has 0 aliphatic carbocycles. The second-order valence-corrected chi connectivity index (χ2v) is 16.0. The van der Waals surface area contributed by atoms with Gasteiger partial charge in [0.1, 0.15) is 16.5 Å². The maximum Gasteiger partial charge on any atom is 0.138 e. The Hall–Kier alpha value is -0.0262. The average Bonchev–Trinajstić information content (AvgIpc) is 1.77. The Labute approximate surface area is 86.0 Å². The van der Waals surface area contributed by atoms with E-state index in [1.807, 2.05) is 0 Å².